The average molecular weight is 280 g/mol. The molecule has 2 aromatic heterocycles. The summed E-state index contributed by atoms with van der Waals surface area (Å²) in [6.07, 6.45) is 5.09. The van der Waals surface area contributed by atoms with Crippen LogP contribution in [-0.2, 0) is 7.05 Å². The zero-order valence-electron chi connectivity index (χ0n) is 11.1. The second-order valence-electron chi connectivity index (χ2n) is 4.25. The van der Waals surface area contributed by atoms with Crippen molar-refractivity contribution in [1.29, 1.82) is 0 Å². The SMILES string of the molecule is CSCCN(C)c1c(C(=O)O)cnc2c1cnn2C. The molecule has 0 unspecified atom stereocenters. The van der Waals surface area contributed by atoms with Crippen molar-refractivity contribution in [3.8, 4) is 0 Å². The van der Waals surface area contributed by atoms with Gasteiger partial charge in [0.2, 0.25) is 0 Å². The molecule has 0 saturated carbocycles. The van der Waals surface area contributed by atoms with Gasteiger partial charge in [-0.2, -0.15) is 16.9 Å². The monoisotopic (exact) mass is 280 g/mol. The Hall–Kier alpha value is -1.76. The standard InChI is InChI=1S/C12H16N4O2S/c1-15(4-5-19-3)10-8-7-14-16(2)11(8)13-6-9(10)12(17)18/h6-7H,4-5H2,1-3H3,(H,17,18). The predicted octanol–water partition coefficient (Wildman–Crippen LogP) is 1.47. The normalized spacial score (nSPS) is 10.9. The number of hydrogen-bond acceptors (Lipinski definition) is 5. The number of pyridine rings is 1. The lowest BCUT2D eigenvalue weighted by molar-refractivity contribution is 0.0697. The highest BCUT2D eigenvalue weighted by Gasteiger charge is 2.19. The highest BCUT2D eigenvalue weighted by Crippen LogP contribution is 2.28. The first-order chi connectivity index (χ1) is 9.06. The molecule has 0 amide bonds. The van der Waals surface area contributed by atoms with Crippen LogP contribution in [0.5, 0.6) is 0 Å². The van der Waals surface area contributed by atoms with Gasteiger partial charge in [0.25, 0.3) is 0 Å². The largest absolute Gasteiger partial charge is 0.478 e. The van der Waals surface area contributed by atoms with Crippen LogP contribution in [0, 0.1) is 0 Å². The number of anilines is 1. The molecule has 0 aliphatic rings. The first kappa shape index (κ1) is 13.7. The molecule has 0 bridgehead atoms. The van der Waals surface area contributed by atoms with E-state index in [-0.39, 0.29) is 5.56 Å². The summed E-state index contributed by atoms with van der Waals surface area (Å²) in [6, 6.07) is 0. The van der Waals surface area contributed by atoms with E-state index in [1.54, 1.807) is 29.7 Å². The van der Waals surface area contributed by atoms with E-state index in [2.05, 4.69) is 10.1 Å². The number of carbonyl (C=O) groups is 1. The van der Waals surface area contributed by atoms with Crippen molar-refractivity contribution in [3.05, 3.63) is 18.0 Å². The lowest BCUT2D eigenvalue weighted by Crippen LogP contribution is -2.23. The van der Waals surface area contributed by atoms with Gasteiger partial charge < -0.3 is 10.0 Å². The van der Waals surface area contributed by atoms with Crippen LogP contribution in [0.2, 0.25) is 0 Å². The number of aromatic carboxylic acids is 1. The number of carboxylic acids is 1. The van der Waals surface area contributed by atoms with Crippen molar-refractivity contribution < 1.29 is 9.90 Å². The lowest BCUT2D eigenvalue weighted by atomic mass is 10.1. The molecule has 0 fully saturated rings. The Kier molecular flexibility index (Phi) is 3.94. The fraction of sp³-hybridized carbons (Fsp3) is 0.417. The van der Waals surface area contributed by atoms with Crippen molar-refractivity contribution in [1.82, 2.24) is 14.8 Å². The summed E-state index contributed by atoms with van der Waals surface area (Å²) in [7, 11) is 3.69. The van der Waals surface area contributed by atoms with Crippen molar-refractivity contribution >= 4 is 34.5 Å². The Morgan fingerprint density at radius 2 is 2.26 bits per heavy atom. The van der Waals surface area contributed by atoms with Gasteiger partial charge in [0, 0.05) is 32.6 Å². The number of carboxylic acid groups (broad SMARTS) is 1. The van der Waals surface area contributed by atoms with Crippen LogP contribution in [0.3, 0.4) is 0 Å². The number of thioether (sulfide) groups is 1. The summed E-state index contributed by atoms with van der Waals surface area (Å²) in [5, 5.41) is 14.2. The van der Waals surface area contributed by atoms with E-state index in [1.807, 2.05) is 18.2 Å². The molecule has 7 heteroatoms. The highest BCUT2D eigenvalue weighted by atomic mass is 32.2. The van der Waals surface area contributed by atoms with Crippen LogP contribution in [0.4, 0.5) is 5.69 Å². The molecule has 0 aliphatic carbocycles. The smallest absolute Gasteiger partial charge is 0.339 e. The lowest BCUT2D eigenvalue weighted by Gasteiger charge is -2.21. The van der Waals surface area contributed by atoms with Crippen molar-refractivity contribution in [2.75, 3.05) is 30.5 Å². The third-order valence-corrected chi connectivity index (χ3v) is 3.57. The fourth-order valence-electron chi connectivity index (χ4n) is 1.99. The molecular formula is C12H16N4O2S. The van der Waals surface area contributed by atoms with Gasteiger partial charge in [0.15, 0.2) is 5.65 Å². The molecule has 0 atom stereocenters. The molecule has 0 spiro atoms. The van der Waals surface area contributed by atoms with E-state index in [0.29, 0.717) is 11.3 Å². The Morgan fingerprint density at radius 3 is 2.89 bits per heavy atom. The number of rotatable bonds is 5. The number of aromatic nitrogens is 3. The predicted molar refractivity (Wildman–Crippen MR) is 77.1 cm³/mol. The minimum Gasteiger partial charge on any atom is -0.478 e. The maximum absolute atomic E-state index is 11.4. The molecule has 0 saturated heterocycles. The molecule has 2 rings (SSSR count). The number of aryl methyl sites for hydroxylation is 1. The Bertz CT molecular complexity index is 611. The molecule has 0 radical (unpaired) electrons. The average Bonchev–Trinajstić information content (AvgIpc) is 2.76. The summed E-state index contributed by atoms with van der Waals surface area (Å²) in [4.78, 5) is 17.5. The van der Waals surface area contributed by atoms with Crippen molar-refractivity contribution in [3.63, 3.8) is 0 Å². The van der Waals surface area contributed by atoms with Crippen LogP contribution in [0.1, 0.15) is 10.4 Å². The molecule has 0 aliphatic heterocycles. The number of hydrogen-bond donors (Lipinski definition) is 1. The second-order valence-corrected chi connectivity index (χ2v) is 5.23. The van der Waals surface area contributed by atoms with Gasteiger partial charge in [-0.25, -0.2) is 9.78 Å². The molecule has 1 N–H and O–H groups in total. The Balaban J connectivity index is 2.58. The van der Waals surface area contributed by atoms with Crippen molar-refractivity contribution in [2.45, 2.75) is 0 Å². The van der Waals surface area contributed by atoms with Gasteiger partial charge in [-0.1, -0.05) is 0 Å². The first-order valence-corrected chi connectivity index (χ1v) is 7.19. The topological polar surface area (TPSA) is 71.2 Å². The molecule has 6 nitrogen and oxygen atoms in total. The quantitative estimate of drug-likeness (QED) is 0.894. The highest BCUT2D eigenvalue weighted by molar-refractivity contribution is 7.98. The minimum atomic E-state index is -0.968. The first-order valence-electron chi connectivity index (χ1n) is 5.80. The molecule has 2 heterocycles. The summed E-state index contributed by atoms with van der Waals surface area (Å²) < 4.78 is 1.65. The van der Waals surface area contributed by atoms with Crippen LogP contribution >= 0.6 is 11.8 Å². The number of nitrogens with zero attached hydrogens (tertiary/aromatic N) is 4. The molecule has 0 aromatic carbocycles. The van der Waals surface area contributed by atoms with Crippen LogP contribution in [0.25, 0.3) is 11.0 Å². The molecule has 102 valence electrons. The van der Waals surface area contributed by atoms with Crippen LogP contribution in [0.15, 0.2) is 12.4 Å². The maximum atomic E-state index is 11.4. The number of fused-ring (bicyclic) bond motifs is 1. The second kappa shape index (κ2) is 5.48. The van der Waals surface area contributed by atoms with E-state index in [4.69, 9.17) is 0 Å². The van der Waals surface area contributed by atoms with Gasteiger partial charge in [0.1, 0.15) is 5.56 Å². The molecular weight excluding hydrogens is 264 g/mol. The van der Waals surface area contributed by atoms with Crippen LogP contribution < -0.4 is 4.90 Å². The van der Waals surface area contributed by atoms with E-state index < -0.39 is 5.97 Å². The summed E-state index contributed by atoms with van der Waals surface area (Å²) in [5.74, 6) is -0.0381. The zero-order chi connectivity index (χ0) is 14.0. The summed E-state index contributed by atoms with van der Waals surface area (Å²) >= 11 is 1.72. The third-order valence-electron chi connectivity index (χ3n) is 2.98. The van der Waals surface area contributed by atoms with Gasteiger partial charge in [-0.15, -0.1) is 0 Å². The summed E-state index contributed by atoms with van der Waals surface area (Å²) in [5.41, 5.74) is 1.58. The van der Waals surface area contributed by atoms with Crippen molar-refractivity contribution in [2.24, 2.45) is 7.05 Å². The minimum absolute atomic E-state index is 0.212. The molecule has 2 aromatic rings. The Morgan fingerprint density at radius 1 is 1.53 bits per heavy atom. The molecule has 19 heavy (non-hydrogen) atoms. The Labute approximate surface area is 115 Å². The third kappa shape index (κ3) is 2.51. The fourth-order valence-corrected chi connectivity index (χ4v) is 2.45. The summed E-state index contributed by atoms with van der Waals surface area (Å²) in [6.45, 7) is 0.773. The van der Waals surface area contributed by atoms with E-state index in [9.17, 15) is 9.90 Å². The van der Waals surface area contributed by atoms with Gasteiger partial charge in [-0.05, 0) is 6.26 Å². The van der Waals surface area contributed by atoms with E-state index >= 15 is 0 Å². The van der Waals surface area contributed by atoms with Gasteiger partial charge in [-0.3, -0.25) is 4.68 Å². The zero-order valence-corrected chi connectivity index (χ0v) is 11.9. The van der Waals surface area contributed by atoms with Gasteiger partial charge >= 0.3 is 5.97 Å². The maximum Gasteiger partial charge on any atom is 0.339 e. The van der Waals surface area contributed by atoms with Gasteiger partial charge in [0.05, 0.1) is 17.3 Å². The van der Waals surface area contributed by atoms with Crippen LogP contribution in [-0.4, -0.2) is 51.4 Å². The van der Waals surface area contributed by atoms with E-state index in [1.165, 1.54) is 6.20 Å². The van der Waals surface area contributed by atoms with E-state index in [0.717, 1.165) is 17.7 Å².